The van der Waals surface area contributed by atoms with Crippen LogP contribution in [0, 0.1) is 5.82 Å². The van der Waals surface area contributed by atoms with E-state index in [1.807, 2.05) is 36.5 Å². The summed E-state index contributed by atoms with van der Waals surface area (Å²) in [6.07, 6.45) is 6.51. The number of halogens is 3. The van der Waals surface area contributed by atoms with Crippen molar-refractivity contribution in [1.82, 2.24) is 4.98 Å². The fraction of sp³-hybridized carbons (Fsp3) is 0.167. The third kappa shape index (κ3) is 5.68. The van der Waals surface area contributed by atoms with E-state index in [2.05, 4.69) is 18.0 Å². The van der Waals surface area contributed by atoms with Gasteiger partial charge in [0.15, 0.2) is 5.78 Å². The minimum Gasteiger partial charge on any atom is -0.493 e. The van der Waals surface area contributed by atoms with Crippen LogP contribution >= 0.6 is 23.2 Å². The first-order chi connectivity index (χ1) is 14.5. The molecule has 0 aliphatic carbocycles. The molecule has 0 bridgehead atoms. The van der Waals surface area contributed by atoms with E-state index in [4.69, 9.17) is 27.9 Å². The van der Waals surface area contributed by atoms with Crippen molar-refractivity contribution in [3.8, 4) is 5.75 Å². The molecule has 3 rings (SSSR count). The van der Waals surface area contributed by atoms with Crippen molar-refractivity contribution in [2.45, 2.75) is 19.8 Å². The van der Waals surface area contributed by atoms with E-state index < -0.39 is 11.6 Å². The summed E-state index contributed by atoms with van der Waals surface area (Å²) in [4.78, 5) is 16.8. The first kappa shape index (κ1) is 22.0. The molecule has 6 heteroatoms. The number of benzene rings is 2. The van der Waals surface area contributed by atoms with E-state index in [0.717, 1.165) is 35.9 Å². The van der Waals surface area contributed by atoms with Crippen LogP contribution in [0.3, 0.4) is 0 Å². The molecule has 0 N–H and O–H groups in total. The lowest BCUT2D eigenvalue weighted by molar-refractivity contribution is 0.104. The van der Waals surface area contributed by atoms with Crippen molar-refractivity contribution in [3.63, 3.8) is 0 Å². The van der Waals surface area contributed by atoms with Gasteiger partial charge in [0.1, 0.15) is 11.6 Å². The Balaban J connectivity index is 1.56. The molecule has 0 fully saturated rings. The van der Waals surface area contributed by atoms with Crippen LogP contribution < -0.4 is 4.74 Å². The average Bonchev–Trinajstić information content (AvgIpc) is 2.76. The lowest BCUT2D eigenvalue weighted by Crippen LogP contribution is -2.03. The molecule has 0 saturated heterocycles. The van der Waals surface area contributed by atoms with Gasteiger partial charge >= 0.3 is 0 Å². The van der Waals surface area contributed by atoms with Gasteiger partial charge < -0.3 is 4.74 Å². The normalized spacial score (nSPS) is 11.1. The van der Waals surface area contributed by atoms with E-state index in [1.165, 1.54) is 17.7 Å². The summed E-state index contributed by atoms with van der Waals surface area (Å²) in [6, 6.07) is 13.8. The first-order valence-electron chi connectivity index (χ1n) is 9.50. The van der Waals surface area contributed by atoms with Crippen LogP contribution in [0.5, 0.6) is 5.75 Å². The number of aryl methyl sites for hydroxylation is 1. The first-order valence-corrected chi connectivity index (χ1v) is 10.3. The van der Waals surface area contributed by atoms with Crippen LogP contribution in [0.25, 0.3) is 6.08 Å². The van der Waals surface area contributed by atoms with Crippen LogP contribution in [-0.4, -0.2) is 17.4 Å². The second kappa shape index (κ2) is 10.4. The quantitative estimate of drug-likeness (QED) is 0.223. The van der Waals surface area contributed by atoms with Crippen LogP contribution in [0.4, 0.5) is 4.39 Å². The molecule has 3 nitrogen and oxygen atoms in total. The highest BCUT2D eigenvalue weighted by Gasteiger charge is 2.15. The topological polar surface area (TPSA) is 39.2 Å². The predicted octanol–water partition coefficient (Wildman–Crippen LogP) is 6.61. The van der Waals surface area contributed by atoms with Crippen LogP contribution in [0.15, 0.2) is 60.8 Å². The van der Waals surface area contributed by atoms with Gasteiger partial charge in [-0.1, -0.05) is 54.4 Å². The Hall–Kier alpha value is -2.69. The Morgan fingerprint density at radius 2 is 1.87 bits per heavy atom. The Morgan fingerprint density at radius 1 is 1.10 bits per heavy atom. The van der Waals surface area contributed by atoms with Gasteiger partial charge in [0.25, 0.3) is 0 Å². The Labute approximate surface area is 185 Å². The fourth-order valence-corrected chi connectivity index (χ4v) is 3.33. The summed E-state index contributed by atoms with van der Waals surface area (Å²) in [7, 11) is 0. The van der Waals surface area contributed by atoms with Crippen molar-refractivity contribution in [2.24, 2.45) is 0 Å². The van der Waals surface area contributed by atoms with Gasteiger partial charge in [0, 0.05) is 18.3 Å². The highest BCUT2D eigenvalue weighted by atomic mass is 35.5. The van der Waals surface area contributed by atoms with Gasteiger partial charge in [0.05, 0.1) is 22.2 Å². The van der Waals surface area contributed by atoms with E-state index >= 15 is 0 Å². The summed E-state index contributed by atoms with van der Waals surface area (Å²) in [6.45, 7) is 2.61. The second-order valence-corrected chi connectivity index (χ2v) is 7.38. The minimum atomic E-state index is -0.684. The molecule has 3 aromatic rings. The molecule has 0 unspecified atom stereocenters. The molecule has 30 heavy (non-hydrogen) atoms. The van der Waals surface area contributed by atoms with Gasteiger partial charge in [-0.2, -0.15) is 0 Å². The van der Waals surface area contributed by atoms with Crippen LogP contribution in [-0.2, 0) is 12.8 Å². The van der Waals surface area contributed by atoms with Crippen molar-refractivity contribution in [1.29, 1.82) is 0 Å². The van der Waals surface area contributed by atoms with Gasteiger partial charge in [0.2, 0.25) is 0 Å². The van der Waals surface area contributed by atoms with Crippen LogP contribution in [0.1, 0.15) is 34.1 Å². The maximum Gasteiger partial charge on any atom is 0.188 e. The number of hydrogen-bond donors (Lipinski definition) is 0. The molecule has 1 aromatic heterocycles. The van der Waals surface area contributed by atoms with Gasteiger partial charge in [-0.05, 0) is 54.0 Å². The van der Waals surface area contributed by atoms with Crippen molar-refractivity contribution >= 4 is 35.1 Å². The highest BCUT2D eigenvalue weighted by Crippen LogP contribution is 2.28. The van der Waals surface area contributed by atoms with E-state index in [9.17, 15) is 9.18 Å². The number of carbonyl (C=O) groups excluding carboxylic acids is 1. The summed E-state index contributed by atoms with van der Waals surface area (Å²) in [5, 5.41) is -0.168. The zero-order valence-corrected chi connectivity index (χ0v) is 17.9. The van der Waals surface area contributed by atoms with Crippen molar-refractivity contribution < 1.29 is 13.9 Å². The lowest BCUT2D eigenvalue weighted by atomic mass is 10.1. The molecule has 0 radical (unpaired) electrons. The number of ketones is 1. The maximum absolute atomic E-state index is 13.6. The molecular formula is C24H20Cl2FNO2. The van der Waals surface area contributed by atoms with Gasteiger partial charge in [-0.25, -0.2) is 4.39 Å². The van der Waals surface area contributed by atoms with E-state index in [0.29, 0.717) is 6.61 Å². The number of pyridine rings is 1. The van der Waals surface area contributed by atoms with E-state index in [1.54, 1.807) is 6.08 Å². The highest BCUT2D eigenvalue weighted by molar-refractivity contribution is 6.40. The molecule has 0 aliphatic rings. The molecule has 0 atom stereocenters. The number of aromatic nitrogens is 1. The van der Waals surface area contributed by atoms with Crippen LogP contribution in [0.2, 0.25) is 10.0 Å². The molecule has 1 heterocycles. The number of rotatable bonds is 8. The largest absolute Gasteiger partial charge is 0.493 e. The molecule has 0 amide bonds. The zero-order chi connectivity index (χ0) is 21.5. The summed E-state index contributed by atoms with van der Waals surface area (Å²) >= 11 is 11.8. The Kier molecular flexibility index (Phi) is 7.61. The number of nitrogens with zero attached hydrogens (tertiary/aromatic N) is 1. The molecular weight excluding hydrogens is 424 g/mol. The number of hydrogen-bond acceptors (Lipinski definition) is 3. The van der Waals surface area contributed by atoms with Crippen molar-refractivity contribution in [2.75, 3.05) is 6.61 Å². The predicted molar refractivity (Wildman–Crippen MR) is 119 cm³/mol. The molecule has 0 saturated carbocycles. The maximum atomic E-state index is 13.6. The minimum absolute atomic E-state index is 0.0462. The molecule has 154 valence electrons. The Bertz CT molecular complexity index is 1050. The van der Waals surface area contributed by atoms with Gasteiger partial charge in [-0.3, -0.25) is 9.78 Å². The fourth-order valence-electron chi connectivity index (χ4n) is 2.77. The summed E-state index contributed by atoms with van der Waals surface area (Å²) in [5.74, 6) is -0.429. The monoisotopic (exact) mass is 443 g/mol. The lowest BCUT2D eigenvalue weighted by Gasteiger charge is -2.07. The summed E-state index contributed by atoms with van der Waals surface area (Å²) in [5.41, 5.74) is 2.94. The Morgan fingerprint density at radius 3 is 2.53 bits per heavy atom. The third-order valence-electron chi connectivity index (χ3n) is 4.52. The smallest absolute Gasteiger partial charge is 0.188 e. The number of ether oxygens (including phenoxy) is 1. The molecule has 0 spiro atoms. The molecule has 2 aromatic carbocycles. The number of allylic oxidation sites excluding steroid dienone is 1. The SMILES string of the molecule is CCc1ccc(CCOc2ccc(/C=C/C(=O)c3c(Cl)ccc(F)c3Cl)cc2)nc1. The third-order valence-corrected chi connectivity index (χ3v) is 5.20. The number of carbonyl (C=O) groups is 1. The van der Waals surface area contributed by atoms with Gasteiger partial charge in [-0.15, -0.1) is 0 Å². The standard InChI is InChI=1S/C24H20Cl2FNO2/c1-2-16-3-7-18(28-15-16)13-14-30-19-8-4-17(5-9-19)6-12-22(29)23-20(25)10-11-21(27)24(23)26/h3-12,15H,2,13-14H2,1H3/b12-6+. The second-order valence-electron chi connectivity index (χ2n) is 6.59. The van der Waals surface area contributed by atoms with E-state index in [-0.39, 0.29) is 15.6 Å². The zero-order valence-electron chi connectivity index (χ0n) is 16.4. The molecule has 0 aliphatic heterocycles. The van der Waals surface area contributed by atoms with Crippen molar-refractivity contribution in [3.05, 3.63) is 99.1 Å². The summed E-state index contributed by atoms with van der Waals surface area (Å²) < 4.78 is 19.3. The average molecular weight is 444 g/mol.